The van der Waals surface area contributed by atoms with Crippen molar-refractivity contribution in [3.05, 3.63) is 17.5 Å². The van der Waals surface area contributed by atoms with Gasteiger partial charge in [0.2, 0.25) is 0 Å². The van der Waals surface area contributed by atoms with Crippen LogP contribution in [0.3, 0.4) is 0 Å². The number of amides is 1. The zero-order chi connectivity index (χ0) is 17.3. The molecule has 1 heterocycles. The predicted octanol–water partition coefficient (Wildman–Crippen LogP) is 3.01. The standard InChI is InChI=1S/C18H31N3O2/c1-13-15(11-19-21(13)17(2,3)4)16(23)20-18(5,12-22)14-9-7-6-8-10-14/h11,14,22H,6-10,12H2,1-5H3,(H,20,23). The van der Waals surface area contributed by atoms with Gasteiger partial charge in [-0.3, -0.25) is 9.48 Å². The Balaban J connectivity index is 2.18. The molecule has 1 aromatic heterocycles. The van der Waals surface area contributed by atoms with E-state index in [1.165, 1.54) is 19.3 Å². The van der Waals surface area contributed by atoms with Crippen LogP contribution in [0.25, 0.3) is 0 Å². The summed E-state index contributed by atoms with van der Waals surface area (Å²) in [5.74, 6) is 0.197. The van der Waals surface area contributed by atoms with Crippen molar-refractivity contribution >= 4 is 5.91 Å². The number of nitrogens with one attached hydrogen (secondary N) is 1. The maximum absolute atomic E-state index is 12.7. The van der Waals surface area contributed by atoms with E-state index in [0.29, 0.717) is 11.5 Å². The van der Waals surface area contributed by atoms with Crippen LogP contribution in [0.1, 0.15) is 75.9 Å². The number of aliphatic hydroxyl groups excluding tert-OH is 1. The van der Waals surface area contributed by atoms with Crippen molar-refractivity contribution in [1.82, 2.24) is 15.1 Å². The van der Waals surface area contributed by atoms with Crippen molar-refractivity contribution in [3.8, 4) is 0 Å². The maximum Gasteiger partial charge on any atom is 0.255 e. The average Bonchev–Trinajstić information content (AvgIpc) is 2.90. The van der Waals surface area contributed by atoms with E-state index in [0.717, 1.165) is 18.5 Å². The lowest BCUT2D eigenvalue weighted by molar-refractivity contribution is 0.0679. The summed E-state index contributed by atoms with van der Waals surface area (Å²) in [6, 6.07) is 0. The Bertz CT molecular complexity index is 553. The molecule has 0 aromatic carbocycles. The number of hydrogen-bond acceptors (Lipinski definition) is 3. The van der Waals surface area contributed by atoms with Gasteiger partial charge in [0.05, 0.1) is 29.4 Å². The molecule has 1 saturated carbocycles. The van der Waals surface area contributed by atoms with Gasteiger partial charge in [0, 0.05) is 5.69 Å². The molecule has 130 valence electrons. The lowest BCUT2D eigenvalue weighted by Crippen LogP contribution is -2.54. The smallest absolute Gasteiger partial charge is 0.255 e. The molecule has 1 aromatic rings. The molecule has 0 spiro atoms. The van der Waals surface area contributed by atoms with Crippen LogP contribution in [0.4, 0.5) is 0 Å². The molecule has 1 aliphatic rings. The minimum absolute atomic E-state index is 0.0319. The summed E-state index contributed by atoms with van der Waals surface area (Å²) in [6.45, 7) is 10.0. The highest BCUT2D eigenvalue weighted by Crippen LogP contribution is 2.32. The van der Waals surface area contributed by atoms with Crippen molar-refractivity contribution in [2.45, 2.75) is 77.8 Å². The summed E-state index contributed by atoms with van der Waals surface area (Å²) in [5.41, 5.74) is 0.731. The second-order valence-electron chi connectivity index (χ2n) is 8.09. The van der Waals surface area contributed by atoms with Crippen molar-refractivity contribution < 1.29 is 9.90 Å². The van der Waals surface area contributed by atoms with Crippen LogP contribution in [0, 0.1) is 12.8 Å². The van der Waals surface area contributed by atoms with Crippen LogP contribution < -0.4 is 5.32 Å². The Labute approximate surface area is 139 Å². The number of aromatic nitrogens is 2. The first-order valence-corrected chi connectivity index (χ1v) is 8.67. The maximum atomic E-state index is 12.7. The highest BCUT2D eigenvalue weighted by molar-refractivity contribution is 5.95. The first-order valence-electron chi connectivity index (χ1n) is 8.67. The molecule has 2 rings (SSSR count). The van der Waals surface area contributed by atoms with Gasteiger partial charge in [-0.25, -0.2) is 0 Å². The summed E-state index contributed by atoms with van der Waals surface area (Å²) in [4.78, 5) is 12.7. The van der Waals surface area contributed by atoms with E-state index in [9.17, 15) is 9.90 Å². The van der Waals surface area contributed by atoms with Gasteiger partial charge in [-0.2, -0.15) is 5.10 Å². The van der Waals surface area contributed by atoms with Gasteiger partial charge >= 0.3 is 0 Å². The summed E-state index contributed by atoms with van der Waals surface area (Å²) in [5, 5.41) is 17.4. The second kappa shape index (κ2) is 6.63. The molecular formula is C18H31N3O2. The minimum atomic E-state index is -0.562. The highest BCUT2D eigenvalue weighted by Gasteiger charge is 2.36. The first kappa shape index (κ1) is 18.0. The molecule has 1 fully saturated rings. The van der Waals surface area contributed by atoms with Gasteiger partial charge in [0.15, 0.2) is 0 Å². The topological polar surface area (TPSA) is 67.2 Å². The van der Waals surface area contributed by atoms with Crippen molar-refractivity contribution in [3.63, 3.8) is 0 Å². The summed E-state index contributed by atoms with van der Waals surface area (Å²) in [6.07, 6.45) is 7.38. The first-order chi connectivity index (χ1) is 10.7. The fraction of sp³-hybridized carbons (Fsp3) is 0.778. The van der Waals surface area contributed by atoms with E-state index >= 15 is 0 Å². The Morgan fingerprint density at radius 1 is 1.30 bits per heavy atom. The van der Waals surface area contributed by atoms with Gasteiger partial charge in [-0.1, -0.05) is 19.3 Å². The van der Waals surface area contributed by atoms with Crippen LogP contribution in [-0.4, -0.2) is 32.9 Å². The number of aliphatic hydroxyl groups is 1. The molecule has 1 unspecified atom stereocenters. The van der Waals surface area contributed by atoms with E-state index in [2.05, 4.69) is 31.2 Å². The van der Waals surface area contributed by atoms with Crippen LogP contribution in [0.2, 0.25) is 0 Å². The molecule has 1 amide bonds. The summed E-state index contributed by atoms with van der Waals surface area (Å²) < 4.78 is 1.87. The molecule has 0 radical (unpaired) electrons. The van der Waals surface area contributed by atoms with E-state index < -0.39 is 5.54 Å². The zero-order valence-electron chi connectivity index (χ0n) is 15.1. The number of carbonyl (C=O) groups excluding carboxylic acids is 1. The Morgan fingerprint density at radius 2 is 1.91 bits per heavy atom. The van der Waals surface area contributed by atoms with Gasteiger partial charge in [0.25, 0.3) is 5.91 Å². The Kier molecular flexibility index (Phi) is 5.19. The summed E-state index contributed by atoms with van der Waals surface area (Å²) >= 11 is 0. The van der Waals surface area contributed by atoms with Gasteiger partial charge in [-0.05, 0) is 53.4 Å². The molecule has 23 heavy (non-hydrogen) atoms. The highest BCUT2D eigenvalue weighted by atomic mass is 16.3. The fourth-order valence-corrected chi connectivity index (χ4v) is 3.65. The van der Waals surface area contributed by atoms with Gasteiger partial charge in [-0.15, -0.1) is 0 Å². The minimum Gasteiger partial charge on any atom is -0.394 e. The SMILES string of the molecule is Cc1c(C(=O)NC(C)(CO)C2CCCCC2)cnn1C(C)(C)C. The van der Waals surface area contributed by atoms with E-state index in [1.54, 1.807) is 6.20 Å². The number of hydrogen-bond donors (Lipinski definition) is 2. The van der Waals surface area contributed by atoms with Crippen LogP contribution in [0.5, 0.6) is 0 Å². The molecule has 1 aliphatic carbocycles. The lowest BCUT2D eigenvalue weighted by atomic mass is 9.76. The van der Waals surface area contributed by atoms with Crippen molar-refractivity contribution in [2.75, 3.05) is 6.61 Å². The molecule has 0 aliphatic heterocycles. The zero-order valence-corrected chi connectivity index (χ0v) is 15.1. The van der Waals surface area contributed by atoms with Crippen molar-refractivity contribution in [1.29, 1.82) is 0 Å². The number of carbonyl (C=O) groups is 1. The predicted molar refractivity (Wildman–Crippen MR) is 91.5 cm³/mol. The Hall–Kier alpha value is -1.36. The number of rotatable bonds is 4. The average molecular weight is 321 g/mol. The second-order valence-corrected chi connectivity index (χ2v) is 8.09. The van der Waals surface area contributed by atoms with E-state index in [1.807, 2.05) is 18.5 Å². The molecule has 0 saturated heterocycles. The molecule has 1 atom stereocenters. The van der Waals surface area contributed by atoms with Gasteiger partial charge < -0.3 is 10.4 Å². The van der Waals surface area contributed by atoms with Gasteiger partial charge in [0.1, 0.15) is 0 Å². The molecule has 5 nitrogen and oxygen atoms in total. The third-order valence-corrected chi connectivity index (χ3v) is 5.12. The molecule has 5 heteroatoms. The lowest BCUT2D eigenvalue weighted by Gasteiger charge is -2.39. The van der Waals surface area contributed by atoms with E-state index in [4.69, 9.17) is 0 Å². The third kappa shape index (κ3) is 3.77. The molecular weight excluding hydrogens is 290 g/mol. The van der Waals surface area contributed by atoms with Crippen LogP contribution in [0.15, 0.2) is 6.20 Å². The van der Waals surface area contributed by atoms with Crippen LogP contribution >= 0.6 is 0 Å². The Morgan fingerprint density at radius 3 is 2.39 bits per heavy atom. The number of nitrogens with zero attached hydrogens (tertiary/aromatic N) is 2. The fourth-order valence-electron chi connectivity index (χ4n) is 3.65. The van der Waals surface area contributed by atoms with Crippen LogP contribution in [-0.2, 0) is 5.54 Å². The largest absolute Gasteiger partial charge is 0.394 e. The summed E-state index contributed by atoms with van der Waals surface area (Å²) in [7, 11) is 0. The van der Waals surface area contributed by atoms with E-state index in [-0.39, 0.29) is 18.1 Å². The normalized spacial score (nSPS) is 19.4. The monoisotopic (exact) mass is 321 g/mol. The van der Waals surface area contributed by atoms with Crippen molar-refractivity contribution in [2.24, 2.45) is 5.92 Å². The quantitative estimate of drug-likeness (QED) is 0.896. The molecule has 0 bridgehead atoms. The molecule has 2 N–H and O–H groups in total. The third-order valence-electron chi connectivity index (χ3n) is 5.12.